The Labute approximate surface area is 197 Å². The van der Waals surface area contributed by atoms with E-state index in [0.717, 1.165) is 16.2 Å². The van der Waals surface area contributed by atoms with Crippen molar-refractivity contribution < 1.29 is 19.4 Å². The first kappa shape index (κ1) is 22.7. The lowest BCUT2D eigenvalue weighted by Crippen LogP contribution is -2.25. The fraction of sp³-hybridized carbons (Fsp3) is 0.130. The first-order valence-electron chi connectivity index (χ1n) is 9.87. The van der Waals surface area contributed by atoms with Crippen LogP contribution in [0, 0.1) is 0 Å². The van der Waals surface area contributed by atoms with E-state index in [1.807, 2.05) is 55.5 Å². The largest absolute Gasteiger partial charge is 0.505 e. The topological polar surface area (TPSA) is 131 Å². The van der Waals surface area contributed by atoms with Gasteiger partial charge in [-0.1, -0.05) is 47.2 Å². The highest BCUT2D eigenvalue weighted by molar-refractivity contribution is 8.77. The van der Waals surface area contributed by atoms with Crippen molar-refractivity contribution in [1.29, 1.82) is 0 Å². The fourth-order valence-corrected chi connectivity index (χ4v) is 5.62. The smallest absolute Gasteiger partial charge is 0.450 e. The molecule has 1 amide bonds. The number of rotatable bonds is 8. The molecule has 8 nitrogen and oxygen atoms in total. The Hall–Kier alpha value is -3.50. The number of pyridine rings is 1. The van der Waals surface area contributed by atoms with Gasteiger partial charge in [0, 0.05) is 11.8 Å². The van der Waals surface area contributed by atoms with E-state index < -0.39 is 16.8 Å². The Kier molecular flexibility index (Phi) is 6.57. The zero-order valence-corrected chi connectivity index (χ0v) is 19.2. The average Bonchev–Trinajstić information content (AvgIpc) is 3.26. The molecule has 2 aromatic carbocycles. The van der Waals surface area contributed by atoms with Crippen molar-refractivity contribution >= 4 is 44.7 Å². The van der Waals surface area contributed by atoms with Crippen LogP contribution in [0.3, 0.4) is 0 Å². The van der Waals surface area contributed by atoms with E-state index in [2.05, 4.69) is 15.0 Å². The molecule has 4 rings (SSSR count). The summed E-state index contributed by atoms with van der Waals surface area (Å²) in [4.78, 5) is 34.8. The summed E-state index contributed by atoms with van der Waals surface area (Å²) in [5.74, 6) is 0.0647. The molecule has 0 aliphatic carbocycles. The highest BCUT2D eigenvalue weighted by atomic mass is 33.1. The van der Waals surface area contributed by atoms with Gasteiger partial charge in [0.15, 0.2) is 0 Å². The summed E-state index contributed by atoms with van der Waals surface area (Å²) >= 11 is 0. The number of primary amides is 1. The third-order valence-corrected chi connectivity index (χ3v) is 8.05. The molecule has 168 valence electrons. The number of hydrogen-bond acceptors (Lipinski definition) is 7. The van der Waals surface area contributed by atoms with E-state index in [1.54, 1.807) is 18.3 Å². The summed E-state index contributed by atoms with van der Waals surface area (Å²) in [7, 11) is 2.93. The normalized spacial score (nSPS) is 12.9. The molecule has 4 N–H and O–H groups in total. The maximum absolute atomic E-state index is 11.7. The molecule has 2 heterocycles. The number of fused-ring (bicyclic) bond motifs is 1. The van der Waals surface area contributed by atoms with Gasteiger partial charge in [-0.05, 0) is 47.5 Å². The quantitative estimate of drug-likeness (QED) is 0.235. The second-order valence-electron chi connectivity index (χ2n) is 7.35. The van der Waals surface area contributed by atoms with Crippen molar-refractivity contribution in [3.63, 3.8) is 0 Å². The van der Waals surface area contributed by atoms with Crippen LogP contribution in [0.15, 0.2) is 71.9 Å². The molecule has 0 saturated carbocycles. The highest BCUT2D eigenvalue weighted by Crippen LogP contribution is 2.47. The molecule has 2 aromatic heterocycles. The summed E-state index contributed by atoms with van der Waals surface area (Å²) in [6.45, 7) is 1.89. The minimum Gasteiger partial charge on any atom is -0.450 e. The number of amides is 1. The summed E-state index contributed by atoms with van der Waals surface area (Å²) in [6, 6.07) is 18.4. The number of nitrogens with zero attached hydrogens (tertiary/aromatic N) is 2. The van der Waals surface area contributed by atoms with Gasteiger partial charge in [0.2, 0.25) is 0 Å². The molecule has 0 bridgehead atoms. The number of aromatic nitrogens is 3. The maximum atomic E-state index is 11.7. The number of nitrogens with one attached hydrogen (secondary N) is 1. The van der Waals surface area contributed by atoms with Gasteiger partial charge in [0.1, 0.15) is 23.0 Å². The number of carbonyl (C=O) groups excluding carboxylic acids is 1. The molecule has 10 heteroatoms. The minimum atomic E-state index is -1.33. The number of nitrogens with two attached hydrogens (primary N) is 1. The molecule has 1 atom stereocenters. The van der Waals surface area contributed by atoms with Gasteiger partial charge >= 0.3 is 6.16 Å². The Morgan fingerprint density at radius 2 is 1.91 bits per heavy atom. The molecule has 0 aliphatic rings. The number of H-pyrrole nitrogens is 1. The minimum absolute atomic E-state index is 0.0290. The van der Waals surface area contributed by atoms with E-state index in [9.17, 15) is 9.59 Å². The lowest BCUT2D eigenvalue weighted by Gasteiger charge is -2.27. The Morgan fingerprint density at radius 1 is 1.12 bits per heavy atom. The van der Waals surface area contributed by atoms with Crippen molar-refractivity contribution in [2.75, 3.05) is 6.61 Å². The van der Waals surface area contributed by atoms with E-state index in [-0.39, 0.29) is 6.61 Å². The predicted molar refractivity (Wildman–Crippen MR) is 129 cm³/mol. The van der Waals surface area contributed by atoms with E-state index in [1.165, 1.54) is 21.6 Å². The van der Waals surface area contributed by atoms with Crippen LogP contribution in [-0.2, 0) is 9.48 Å². The predicted octanol–water partition coefficient (Wildman–Crippen LogP) is 5.07. The Balaban J connectivity index is 1.62. The number of carboxylic acid groups (broad SMARTS) is 1. The zero-order chi connectivity index (χ0) is 23.4. The summed E-state index contributed by atoms with van der Waals surface area (Å²) < 4.78 is 4.28. The first-order valence-corrected chi connectivity index (χ1v) is 12.0. The zero-order valence-electron chi connectivity index (χ0n) is 17.5. The Morgan fingerprint density at radius 3 is 2.58 bits per heavy atom. The van der Waals surface area contributed by atoms with Crippen LogP contribution >= 0.6 is 21.6 Å². The lowest BCUT2D eigenvalue weighted by molar-refractivity contribution is 0.0838. The molecule has 0 fully saturated rings. The molecule has 1 unspecified atom stereocenters. The van der Waals surface area contributed by atoms with Gasteiger partial charge in [-0.15, -0.1) is 0 Å². The second kappa shape index (κ2) is 9.55. The number of hydrogen-bond donors (Lipinski definition) is 3. The van der Waals surface area contributed by atoms with Crippen LogP contribution in [0.4, 0.5) is 4.79 Å². The fourth-order valence-electron chi connectivity index (χ4n) is 3.23. The van der Waals surface area contributed by atoms with Crippen LogP contribution < -0.4 is 5.73 Å². The van der Waals surface area contributed by atoms with E-state index in [4.69, 9.17) is 15.6 Å². The molecular formula is C23H20N4O4S2. The molecule has 33 heavy (non-hydrogen) atoms. The van der Waals surface area contributed by atoms with Gasteiger partial charge in [-0.2, -0.15) is 0 Å². The number of benzene rings is 2. The van der Waals surface area contributed by atoms with Crippen LogP contribution in [0.2, 0.25) is 0 Å². The van der Waals surface area contributed by atoms with Gasteiger partial charge in [-0.25, -0.2) is 14.8 Å². The monoisotopic (exact) mass is 480 g/mol. The van der Waals surface area contributed by atoms with E-state index in [0.29, 0.717) is 22.4 Å². The van der Waals surface area contributed by atoms with Crippen LogP contribution in [0.25, 0.3) is 22.4 Å². The molecule has 0 radical (unpaired) electrons. The van der Waals surface area contributed by atoms with Crippen LogP contribution in [-0.4, -0.2) is 38.7 Å². The number of para-hydroxylation sites is 1. The third kappa shape index (κ3) is 5.12. The van der Waals surface area contributed by atoms with Crippen molar-refractivity contribution in [3.05, 3.63) is 78.0 Å². The van der Waals surface area contributed by atoms with E-state index >= 15 is 0 Å². The van der Waals surface area contributed by atoms with Gasteiger partial charge in [0.25, 0.3) is 5.91 Å². The SMILES string of the molecule is CC(COC(=O)O)(SSc1ccccn1)c1ccc(-c2nc3c(C(N)=O)cccc3[nH]2)cc1. The summed E-state index contributed by atoms with van der Waals surface area (Å²) in [5, 5.41) is 9.85. The molecule has 0 saturated heterocycles. The third-order valence-electron chi connectivity index (χ3n) is 4.97. The van der Waals surface area contributed by atoms with Gasteiger partial charge in [-0.3, -0.25) is 4.79 Å². The second-order valence-corrected chi connectivity index (χ2v) is 10.0. The van der Waals surface area contributed by atoms with Crippen molar-refractivity contribution in [2.45, 2.75) is 16.7 Å². The molecule has 0 aliphatic heterocycles. The average molecular weight is 481 g/mol. The first-order chi connectivity index (χ1) is 15.9. The van der Waals surface area contributed by atoms with Crippen LogP contribution in [0.1, 0.15) is 22.8 Å². The number of aromatic amines is 1. The standard InChI is InChI=1S/C23H20N4O4S2/c1-23(13-31-22(29)30,33-32-18-7-2-3-12-25-18)15-10-8-14(9-11-15)21-26-17-6-4-5-16(20(24)28)19(17)27-21/h2-12H,13H2,1H3,(H2,24,28)(H,26,27)(H,29,30). The number of ether oxygens (including phenoxy) is 1. The summed E-state index contributed by atoms with van der Waals surface area (Å²) in [6.07, 6.45) is 0.383. The molecule has 4 aromatic rings. The molecule has 0 spiro atoms. The highest BCUT2D eigenvalue weighted by Gasteiger charge is 2.31. The lowest BCUT2D eigenvalue weighted by atomic mass is 9.99. The number of imidazole rings is 1. The van der Waals surface area contributed by atoms with Crippen molar-refractivity contribution in [2.24, 2.45) is 5.73 Å². The van der Waals surface area contributed by atoms with Gasteiger partial charge in [0.05, 0.1) is 15.8 Å². The maximum Gasteiger partial charge on any atom is 0.505 e. The number of carbonyl (C=O) groups is 2. The van der Waals surface area contributed by atoms with Gasteiger partial charge < -0.3 is 20.6 Å². The molecular weight excluding hydrogens is 460 g/mol. The van der Waals surface area contributed by atoms with Crippen molar-refractivity contribution in [1.82, 2.24) is 15.0 Å². The Bertz CT molecular complexity index is 1300. The van der Waals surface area contributed by atoms with Crippen molar-refractivity contribution in [3.8, 4) is 11.4 Å². The summed E-state index contributed by atoms with van der Waals surface area (Å²) in [5.41, 5.74) is 8.75. The van der Waals surface area contributed by atoms with Crippen LogP contribution in [0.5, 0.6) is 0 Å².